The van der Waals surface area contributed by atoms with Crippen molar-refractivity contribution < 1.29 is 4.39 Å². The lowest BCUT2D eigenvalue weighted by molar-refractivity contribution is 0.622. The lowest BCUT2D eigenvalue weighted by Crippen LogP contribution is -2.04. The number of hydrogen-bond donors (Lipinski definition) is 2. The molecule has 13 heavy (non-hydrogen) atoms. The maximum Gasteiger partial charge on any atom is 0.149 e. The highest BCUT2D eigenvalue weighted by Gasteiger charge is 1.99. The molecule has 0 aliphatic rings. The number of allylic oxidation sites excluding steroid dienone is 1. The molecule has 0 aromatic carbocycles. The summed E-state index contributed by atoms with van der Waals surface area (Å²) in [4.78, 5) is 3.80. The first-order chi connectivity index (χ1) is 6.24. The van der Waals surface area contributed by atoms with E-state index in [0.29, 0.717) is 18.1 Å². The molecule has 1 aromatic rings. The Morgan fingerprint density at radius 3 is 3.08 bits per heavy atom. The average Bonchev–Trinajstić information content (AvgIpc) is 2.09. The fourth-order valence-corrected chi connectivity index (χ4v) is 0.876. The van der Waals surface area contributed by atoms with Crippen LogP contribution in [-0.4, -0.2) is 11.5 Å². The Bertz CT molecular complexity index is 310. The molecule has 4 heteroatoms. The molecular weight excluding hydrogens is 169 g/mol. The molecule has 0 radical (unpaired) electrons. The number of nitrogen functional groups attached to an aromatic ring is 1. The van der Waals surface area contributed by atoms with Crippen LogP contribution < -0.4 is 11.1 Å². The maximum atomic E-state index is 12.6. The van der Waals surface area contributed by atoms with Crippen LogP contribution in [0.2, 0.25) is 0 Å². The molecule has 1 rings (SSSR count). The molecule has 0 spiro atoms. The van der Waals surface area contributed by atoms with Crippen molar-refractivity contribution in [1.82, 2.24) is 4.98 Å². The standard InChI is InChI=1S/C9H12FN3/c1-2-3-4-12-9-8(11)5-7(10)6-13-9/h2-3,5-6H,4,11H2,1H3,(H,12,13)/b3-2+. The Morgan fingerprint density at radius 1 is 1.69 bits per heavy atom. The van der Waals surface area contributed by atoms with Crippen LogP contribution in [0.5, 0.6) is 0 Å². The van der Waals surface area contributed by atoms with Gasteiger partial charge in [-0.3, -0.25) is 0 Å². The average molecular weight is 181 g/mol. The van der Waals surface area contributed by atoms with Crippen LogP contribution in [0, 0.1) is 5.82 Å². The number of aromatic nitrogens is 1. The van der Waals surface area contributed by atoms with Gasteiger partial charge >= 0.3 is 0 Å². The number of pyridine rings is 1. The van der Waals surface area contributed by atoms with Gasteiger partial charge in [0, 0.05) is 12.6 Å². The van der Waals surface area contributed by atoms with Gasteiger partial charge in [-0.05, 0) is 6.92 Å². The van der Waals surface area contributed by atoms with E-state index in [1.165, 1.54) is 6.07 Å². The predicted octanol–water partition coefficient (Wildman–Crippen LogP) is 1.79. The smallest absolute Gasteiger partial charge is 0.149 e. The summed E-state index contributed by atoms with van der Waals surface area (Å²) in [6.07, 6.45) is 4.96. The summed E-state index contributed by atoms with van der Waals surface area (Å²) in [5.74, 6) is 0.0913. The second kappa shape index (κ2) is 4.45. The second-order valence-electron chi connectivity index (χ2n) is 2.54. The number of nitrogens with one attached hydrogen (secondary N) is 1. The SMILES string of the molecule is C/C=C/CNc1ncc(F)cc1N. The third kappa shape index (κ3) is 2.74. The quantitative estimate of drug-likeness (QED) is 0.699. The fourth-order valence-electron chi connectivity index (χ4n) is 0.876. The molecule has 1 heterocycles. The zero-order chi connectivity index (χ0) is 9.68. The number of anilines is 2. The van der Waals surface area contributed by atoms with Gasteiger partial charge in [0.05, 0.1) is 11.9 Å². The summed E-state index contributed by atoms with van der Waals surface area (Å²) in [6.45, 7) is 2.56. The Balaban J connectivity index is 2.66. The third-order valence-electron chi connectivity index (χ3n) is 1.51. The number of nitrogens with zero attached hydrogens (tertiary/aromatic N) is 1. The van der Waals surface area contributed by atoms with Gasteiger partial charge in [-0.1, -0.05) is 12.2 Å². The number of nitrogens with two attached hydrogens (primary N) is 1. The molecule has 0 aliphatic carbocycles. The highest BCUT2D eigenvalue weighted by molar-refractivity contribution is 5.60. The van der Waals surface area contributed by atoms with Crippen LogP contribution >= 0.6 is 0 Å². The largest absolute Gasteiger partial charge is 0.396 e. The normalized spacial score (nSPS) is 10.6. The minimum Gasteiger partial charge on any atom is -0.396 e. The van der Waals surface area contributed by atoms with Gasteiger partial charge in [-0.2, -0.15) is 0 Å². The monoisotopic (exact) mass is 181 g/mol. The van der Waals surface area contributed by atoms with Crippen molar-refractivity contribution in [2.75, 3.05) is 17.6 Å². The molecule has 0 amide bonds. The molecule has 3 N–H and O–H groups in total. The first-order valence-electron chi connectivity index (χ1n) is 4.00. The Kier molecular flexibility index (Phi) is 3.25. The van der Waals surface area contributed by atoms with E-state index in [4.69, 9.17) is 5.73 Å². The van der Waals surface area contributed by atoms with E-state index in [-0.39, 0.29) is 0 Å². The zero-order valence-corrected chi connectivity index (χ0v) is 7.42. The van der Waals surface area contributed by atoms with Crippen molar-refractivity contribution in [1.29, 1.82) is 0 Å². The molecule has 0 bridgehead atoms. The summed E-state index contributed by atoms with van der Waals surface area (Å²) in [5.41, 5.74) is 5.84. The molecule has 0 fully saturated rings. The van der Waals surface area contributed by atoms with Crippen LogP contribution in [0.25, 0.3) is 0 Å². The van der Waals surface area contributed by atoms with Gasteiger partial charge in [-0.25, -0.2) is 9.37 Å². The number of halogens is 1. The molecule has 0 unspecified atom stereocenters. The van der Waals surface area contributed by atoms with Gasteiger partial charge in [0.25, 0.3) is 0 Å². The van der Waals surface area contributed by atoms with E-state index >= 15 is 0 Å². The van der Waals surface area contributed by atoms with E-state index in [0.717, 1.165) is 6.20 Å². The topological polar surface area (TPSA) is 50.9 Å². The van der Waals surface area contributed by atoms with E-state index in [2.05, 4.69) is 10.3 Å². The molecule has 0 atom stereocenters. The van der Waals surface area contributed by atoms with Crippen LogP contribution in [-0.2, 0) is 0 Å². The minimum absolute atomic E-state index is 0.324. The third-order valence-corrected chi connectivity index (χ3v) is 1.51. The predicted molar refractivity (Wildman–Crippen MR) is 51.9 cm³/mol. The molecule has 0 saturated heterocycles. The highest BCUT2D eigenvalue weighted by atomic mass is 19.1. The van der Waals surface area contributed by atoms with Crippen LogP contribution in [0.3, 0.4) is 0 Å². The van der Waals surface area contributed by atoms with Crippen LogP contribution in [0.1, 0.15) is 6.92 Å². The van der Waals surface area contributed by atoms with Crippen molar-refractivity contribution in [3.63, 3.8) is 0 Å². The van der Waals surface area contributed by atoms with E-state index < -0.39 is 5.82 Å². The summed E-state index contributed by atoms with van der Waals surface area (Å²) >= 11 is 0. The summed E-state index contributed by atoms with van der Waals surface area (Å²) in [6, 6.07) is 1.24. The van der Waals surface area contributed by atoms with Gasteiger partial charge in [0.1, 0.15) is 11.6 Å². The summed E-state index contributed by atoms with van der Waals surface area (Å²) in [7, 11) is 0. The lowest BCUT2D eigenvalue weighted by atomic mass is 10.4. The Labute approximate surface area is 76.5 Å². The van der Waals surface area contributed by atoms with Gasteiger partial charge in [0.2, 0.25) is 0 Å². The van der Waals surface area contributed by atoms with Crippen LogP contribution in [0.15, 0.2) is 24.4 Å². The minimum atomic E-state index is -0.422. The van der Waals surface area contributed by atoms with Crippen molar-refractivity contribution >= 4 is 11.5 Å². The van der Waals surface area contributed by atoms with Gasteiger partial charge in [-0.15, -0.1) is 0 Å². The van der Waals surface area contributed by atoms with Crippen LogP contribution in [0.4, 0.5) is 15.9 Å². The van der Waals surface area contributed by atoms with Crippen molar-refractivity contribution in [2.24, 2.45) is 0 Å². The molecular formula is C9H12FN3. The lowest BCUT2D eigenvalue weighted by Gasteiger charge is -2.04. The van der Waals surface area contributed by atoms with Crippen molar-refractivity contribution in [3.05, 3.63) is 30.2 Å². The van der Waals surface area contributed by atoms with E-state index in [1.807, 2.05) is 19.1 Å². The summed E-state index contributed by atoms with van der Waals surface area (Å²) in [5, 5.41) is 2.95. The number of rotatable bonds is 3. The summed E-state index contributed by atoms with van der Waals surface area (Å²) < 4.78 is 12.6. The molecule has 1 aromatic heterocycles. The highest BCUT2D eigenvalue weighted by Crippen LogP contribution is 2.14. The first kappa shape index (κ1) is 9.51. The van der Waals surface area contributed by atoms with Gasteiger partial charge < -0.3 is 11.1 Å². The molecule has 70 valence electrons. The molecule has 3 nitrogen and oxygen atoms in total. The zero-order valence-electron chi connectivity index (χ0n) is 7.42. The van der Waals surface area contributed by atoms with Gasteiger partial charge in [0.15, 0.2) is 0 Å². The maximum absolute atomic E-state index is 12.6. The number of hydrogen-bond acceptors (Lipinski definition) is 3. The first-order valence-corrected chi connectivity index (χ1v) is 4.00. The fraction of sp³-hybridized carbons (Fsp3) is 0.222. The second-order valence-corrected chi connectivity index (χ2v) is 2.54. The molecule has 0 saturated carbocycles. The van der Waals surface area contributed by atoms with Crippen molar-refractivity contribution in [2.45, 2.75) is 6.92 Å². The Morgan fingerprint density at radius 2 is 2.46 bits per heavy atom. The Hall–Kier alpha value is -1.58. The molecule has 0 aliphatic heterocycles. The van der Waals surface area contributed by atoms with E-state index in [1.54, 1.807) is 0 Å². The van der Waals surface area contributed by atoms with E-state index in [9.17, 15) is 4.39 Å². The van der Waals surface area contributed by atoms with Crippen molar-refractivity contribution in [3.8, 4) is 0 Å².